The summed E-state index contributed by atoms with van der Waals surface area (Å²) in [5, 5.41) is 7.71. The van der Waals surface area contributed by atoms with Gasteiger partial charge in [0, 0.05) is 31.3 Å². The number of anilines is 1. The van der Waals surface area contributed by atoms with Crippen molar-refractivity contribution in [3.05, 3.63) is 24.2 Å². The molecule has 0 bridgehead atoms. The van der Waals surface area contributed by atoms with E-state index in [2.05, 4.69) is 29.2 Å². The summed E-state index contributed by atoms with van der Waals surface area (Å²) in [7, 11) is 0. The quantitative estimate of drug-likeness (QED) is 0.877. The van der Waals surface area contributed by atoms with Gasteiger partial charge in [-0.05, 0) is 32.3 Å². The fraction of sp³-hybridized carbons (Fsp3) is 0.533. The van der Waals surface area contributed by atoms with Gasteiger partial charge in [0.2, 0.25) is 0 Å². The van der Waals surface area contributed by atoms with Crippen LogP contribution in [0.4, 0.5) is 5.82 Å². The molecule has 0 spiro atoms. The lowest BCUT2D eigenvalue weighted by Crippen LogP contribution is -2.07. The van der Waals surface area contributed by atoms with Gasteiger partial charge in [0.15, 0.2) is 0 Å². The predicted molar refractivity (Wildman–Crippen MR) is 79.7 cm³/mol. The molecule has 0 unspecified atom stereocenters. The van der Waals surface area contributed by atoms with Crippen LogP contribution in [0.1, 0.15) is 44.9 Å². The van der Waals surface area contributed by atoms with Gasteiger partial charge in [0.25, 0.3) is 0 Å². The summed E-state index contributed by atoms with van der Waals surface area (Å²) in [5.74, 6) is 2.46. The minimum atomic E-state index is 0.551. The van der Waals surface area contributed by atoms with Crippen molar-refractivity contribution in [1.29, 1.82) is 0 Å². The highest BCUT2D eigenvalue weighted by molar-refractivity contribution is 5.59. The first-order chi connectivity index (χ1) is 9.81. The molecule has 5 nitrogen and oxygen atoms in total. The number of hydrogen-bond acceptors (Lipinski definition) is 4. The van der Waals surface area contributed by atoms with Gasteiger partial charge in [0.05, 0.1) is 11.4 Å². The van der Waals surface area contributed by atoms with Crippen LogP contribution in [-0.4, -0.2) is 26.3 Å². The predicted octanol–water partition coefficient (Wildman–Crippen LogP) is 3.06. The molecule has 0 amide bonds. The van der Waals surface area contributed by atoms with E-state index < -0.39 is 0 Å². The zero-order valence-corrected chi connectivity index (χ0v) is 12.1. The molecule has 2 aromatic rings. The summed E-state index contributed by atoms with van der Waals surface area (Å²) in [5.41, 5.74) is 2.04. The molecule has 20 heavy (non-hydrogen) atoms. The Bertz CT molecular complexity index is 586. The molecule has 0 aromatic carbocycles. The Morgan fingerprint density at radius 2 is 2.15 bits per heavy atom. The third kappa shape index (κ3) is 2.66. The van der Waals surface area contributed by atoms with E-state index >= 15 is 0 Å². The van der Waals surface area contributed by atoms with Gasteiger partial charge in [0.1, 0.15) is 11.6 Å². The molecule has 2 heterocycles. The second-order valence-corrected chi connectivity index (χ2v) is 5.23. The molecule has 3 rings (SSSR count). The van der Waals surface area contributed by atoms with E-state index in [4.69, 9.17) is 4.98 Å². The first kappa shape index (κ1) is 13.1. The Kier molecular flexibility index (Phi) is 3.67. The molecular weight excluding hydrogens is 250 g/mol. The maximum atomic E-state index is 4.74. The van der Waals surface area contributed by atoms with Gasteiger partial charge < -0.3 is 5.32 Å². The van der Waals surface area contributed by atoms with Crippen LogP contribution in [0.2, 0.25) is 0 Å². The van der Waals surface area contributed by atoms with Crippen LogP contribution >= 0.6 is 0 Å². The van der Waals surface area contributed by atoms with E-state index in [0.29, 0.717) is 5.92 Å². The Labute approximate surface area is 119 Å². The fourth-order valence-corrected chi connectivity index (χ4v) is 2.27. The number of nitrogens with zero attached hydrogens (tertiary/aromatic N) is 4. The SMILES string of the molecule is CCCNc1cc(-c2ccnn2CC)nc(C2CC2)n1. The average molecular weight is 271 g/mol. The summed E-state index contributed by atoms with van der Waals surface area (Å²) in [4.78, 5) is 9.39. The maximum Gasteiger partial charge on any atom is 0.134 e. The van der Waals surface area contributed by atoms with Crippen LogP contribution in [-0.2, 0) is 6.54 Å². The molecule has 5 heteroatoms. The average Bonchev–Trinajstić information content (AvgIpc) is 3.22. The third-order valence-electron chi connectivity index (χ3n) is 3.52. The molecule has 1 N–H and O–H groups in total. The minimum absolute atomic E-state index is 0.551. The van der Waals surface area contributed by atoms with E-state index in [1.807, 2.05) is 23.0 Å². The second-order valence-electron chi connectivity index (χ2n) is 5.23. The first-order valence-electron chi connectivity index (χ1n) is 7.46. The highest BCUT2D eigenvalue weighted by Gasteiger charge is 2.27. The molecule has 1 saturated carbocycles. The number of nitrogens with one attached hydrogen (secondary N) is 1. The Balaban J connectivity index is 1.98. The van der Waals surface area contributed by atoms with Gasteiger partial charge in [-0.15, -0.1) is 0 Å². The zero-order valence-electron chi connectivity index (χ0n) is 12.1. The van der Waals surface area contributed by atoms with Gasteiger partial charge >= 0.3 is 0 Å². The minimum Gasteiger partial charge on any atom is -0.370 e. The Morgan fingerprint density at radius 1 is 1.30 bits per heavy atom. The highest BCUT2D eigenvalue weighted by atomic mass is 15.3. The summed E-state index contributed by atoms with van der Waals surface area (Å²) >= 11 is 0. The summed E-state index contributed by atoms with van der Waals surface area (Å²) in [6.07, 6.45) is 5.34. The molecule has 1 fully saturated rings. The molecule has 1 aliphatic rings. The van der Waals surface area contributed by atoms with Crippen LogP contribution in [0.25, 0.3) is 11.4 Å². The fourth-order valence-electron chi connectivity index (χ4n) is 2.27. The molecule has 2 aromatic heterocycles. The van der Waals surface area contributed by atoms with Crippen LogP contribution in [0.15, 0.2) is 18.3 Å². The van der Waals surface area contributed by atoms with Crippen molar-refractivity contribution in [3.8, 4) is 11.4 Å². The van der Waals surface area contributed by atoms with Crippen LogP contribution < -0.4 is 5.32 Å². The number of aromatic nitrogens is 4. The van der Waals surface area contributed by atoms with Gasteiger partial charge in [-0.25, -0.2) is 9.97 Å². The summed E-state index contributed by atoms with van der Waals surface area (Å²) in [6.45, 7) is 6.04. The largest absolute Gasteiger partial charge is 0.370 e. The summed E-state index contributed by atoms with van der Waals surface area (Å²) in [6, 6.07) is 4.05. The van der Waals surface area contributed by atoms with Crippen molar-refractivity contribution in [3.63, 3.8) is 0 Å². The molecular formula is C15H21N5. The highest BCUT2D eigenvalue weighted by Crippen LogP contribution is 2.39. The van der Waals surface area contributed by atoms with Crippen molar-refractivity contribution >= 4 is 5.82 Å². The van der Waals surface area contributed by atoms with Crippen molar-refractivity contribution in [2.24, 2.45) is 0 Å². The van der Waals surface area contributed by atoms with E-state index in [-0.39, 0.29) is 0 Å². The summed E-state index contributed by atoms with van der Waals surface area (Å²) < 4.78 is 1.97. The monoisotopic (exact) mass is 271 g/mol. The first-order valence-corrected chi connectivity index (χ1v) is 7.46. The number of hydrogen-bond donors (Lipinski definition) is 1. The topological polar surface area (TPSA) is 55.6 Å². The Hall–Kier alpha value is -1.91. The lowest BCUT2D eigenvalue weighted by Gasteiger charge is -2.10. The number of aryl methyl sites for hydroxylation is 1. The normalized spacial score (nSPS) is 14.5. The Morgan fingerprint density at radius 3 is 2.85 bits per heavy atom. The maximum absolute atomic E-state index is 4.74. The van der Waals surface area contributed by atoms with Crippen molar-refractivity contribution in [2.45, 2.75) is 45.6 Å². The van der Waals surface area contributed by atoms with E-state index in [9.17, 15) is 0 Å². The van der Waals surface area contributed by atoms with Gasteiger partial charge in [-0.2, -0.15) is 5.10 Å². The molecule has 1 aliphatic carbocycles. The second kappa shape index (κ2) is 5.61. The van der Waals surface area contributed by atoms with Crippen molar-refractivity contribution in [2.75, 3.05) is 11.9 Å². The standard InChI is InChI=1S/C15H21N5/c1-3-8-16-14-10-12(13-7-9-17-20(13)4-2)18-15(19-14)11-5-6-11/h7,9-11H,3-6,8H2,1-2H3,(H,16,18,19). The molecule has 0 saturated heterocycles. The van der Waals surface area contributed by atoms with Crippen LogP contribution in [0.5, 0.6) is 0 Å². The van der Waals surface area contributed by atoms with Gasteiger partial charge in [-0.3, -0.25) is 4.68 Å². The van der Waals surface area contributed by atoms with Crippen LogP contribution in [0, 0.1) is 0 Å². The lowest BCUT2D eigenvalue weighted by molar-refractivity contribution is 0.665. The van der Waals surface area contributed by atoms with Crippen molar-refractivity contribution < 1.29 is 0 Å². The molecule has 0 radical (unpaired) electrons. The van der Waals surface area contributed by atoms with Crippen molar-refractivity contribution in [1.82, 2.24) is 19.7 Å². The molecule has 0 aliphatic heterocycles. The number of rotatable bonds is 6. The zero-order chi connectivity index (χ0) is 13.9. The lowest BCUT2D eigenvalue weighted by atomic mass is 10.2. The molecule has 106 valence electrons. The van der Waals surface area contributed by atoms with E-state index in [1.165, 1.54) is 12.8 Å². The van der Waals surface area contributed by atoms with E-state index in [0.717, 1.165) is 42.5 Å². The van der Waals surface area contributed by atoms with E-state index in [1.54, 1.807) is 0 Å². The third-order valence-corrected chi connectivity index (χ3v) is 3.52. The van der Waals surface area contributed by atoms with Gasteiger partial charge in [-0.1, -0.05) is 6.92 Å². The molecule has 0 atom stereocenters. The smallest absolute Gasteiger partial charge is 0.134 e. The van der Waals surface area contributed by atoms with Crippen LogP contribution in [0.3, 0.4) is 0 Å².